The number of carbonyl (C=O) groups is 2. The third kappa shape index (κ3) is 4.79. The van der Waals surface area contributed by atoms with Crippen LogP contribution in [0.3, 0.4) is 0 Å². The molecular formula is C23H27FN4O2. The summed E-state index contributed by atoms with van der Waals surface area (Å²) in [6.45, 7) is 4.28. The first-order valence-corrected chi connectivity index (χ1v) is 10.4. The number of halogens is 1. The number of amides is 3. The first kappa shape index (κ1) is 20.3. The maximum absolute atomic E-state index is 13.1. The minimum absolute atomic E-state index is 0.0886. The van der Waals surface area contributed by atoms with E-state index in [1.165, 1.54) is 12.1 Å². The van der Waals surface area contributed by atoms with E-state index in [1.54, 1.807) is 17.0 Å². The summed E-state index contributed by atoms with van der Waals surface area (Å²) in [7, 11) is 0. The molecule has 2 saturated heterocycles. The van der Waals surface area contributed by atoms with Crippen LogP contribution in [-0.4, -0.2) is 65.4 Å². The number of piperazine rings is 1. The van der Waals surface area contributed by atoms with Crippen molar-refractivity contribution in [3.8, 4) is 0 Å². The van der Waals surface area contributed by atoms with Crippen LogP contribution in [0.15, 0.2) is 54.6 Å². The Morgan fingerprint density at radius 2 is 1.67 bits per heavy atom. The molecule has 2 aliphatic heterocycles. The van der Waals surface area contributed by atoms with Crippen molar-refractivity contribution in [3.63, 3.8) is 0 Å². The average molecular weight is 410 g/mol. The molecule has 158 valence electrons. The average Bonchev–Trinajstić information content (AvgIpc) is 2.99. The van der Waals surface area contributed by atoms with Crippen molar-refractivity contribution in [1.82, 2.24) is 20.0 Å². The van der Waals surface area contributed by atoms with Gasteiger partial charge in [-0.3, -0.25) is 9.69 Å². The summed E-state index contributed by atoms with van der Waals surface area (Å²) in [6.07, 6.45) is 0.623. The Morgan fingerprint density at radius 3 is 2.43 bits per heavy atom. The monoisotopic (exact) mass is 410 g/mol. The van der Waals surface area contributed by atoms with E-state index in [0.717, 1.165) is 17.7 Å². The number of rotatable bonds is 4. The second-order valence-corrected chi connectivity index (χ2v) is 7.86. The number of urea groups is 1. The molecule has 2 aromatic rings. The highest BCUT2D eigenvalue weighted by atomic mass is 19.1. The molecule has 1 N–H and O–H groups in total. The van der Waals surface area contributed by atoms with Crippen LogP contribution in [0.25, 0.3) is 0 Å². The number of fused-ring (bicyclic) bond motifs is 1. The Balaban J connectivity index is 1.33. The molecule has 2 aromatic carbocycles. The maximum Gasteiger partial charge on any atom is 0.317 e. The molecule has 0 aliphatic carbocycles. The van der Waals surface area contributed by atoms with E-state index < -0.39 is 0 Å². The molecule has 0 bridgehead atoms. The smallest absolute Gasteiger partial charge is 0.317 e. The number of carbonyl (C=O) groups excluding carboxylic acids is 2. The van der Waals surface area contributed by atoms with Crippen LogP contribution >= 0.6 is 0 Å². The minimum Gasteiger partial charge on any atom is -0.336 e. The van der Waals surface area contributed by atoms with Gasteiger partial charge >= 0.3 is 6.03 Å². The first-order valence-electron chi connectivity index (χ1n) is 10.4. The van der Waals surface area contributed by atoms with Gasteiger partial charge in [-0.1, -0.05) is 42.5 Å². The van der Waals surface area contributed by atoms with Crippen LogP contribution in [0.1, 0.15) is 17.5 Å². The van der Waals surface area contributed by atoms with Gasteiger partial charge in [0.15, 0.2) is 0 Å². The molecule has 0 spiro atoms. The molecule has 2 aliphatic rings. The second kappa shape index (κ2) is 9.26. The number of nitrogens with zero attached hydrogens (tertiary/aromatic N) is 3. The van der Waals surface area contributed by atoms with Crippen LogP contribution in [0.4, 0.5) is 9.18 Å². The predicted molar refractivity (Wildman–Crippen MR) is 112 cm³/mol. The lowest BCUT2D eigenvalue weighted by Gasteiger charge is -2.39. The van der Waals surface area contributed by atoms with Gasteiger partial charge in [0.1, 0.15) is 5.82 Å². The molecule has 30 heavy (non-hydrogen) atoms. The highest BCUT2D eigenvalue weighted by Crippen LogP contribution is 2.20. The maximum atomic E-state index is 13.1. The molecule has 0 saturated carbocycles. The zero-order valence-corrected chi connectivity index (χ0v) is 17.0. The van der Waals surface area contributed by atoms with Gasteiger partial charge in [-0.2, -0.15) is 0 Å². The second-order valence-electron chi connectivity index (χ2n) is 7.86. The predicted octanol–water partition coefficient (Wildman–Crippen LogP) is 2.45. The Kier molecular flexibility index (Phi) is 6.28. The van der Waals surface area contributed by atoms with Gasteiger partial charge in [-0.25, -0.2) is 9.18 Å². The van der Waals surface area contributed by atoms with E-state index >= 15 is 0 Å². The van der Waals surface area contributed by atoms with E-state index in [1.807, 2.05) is 35.2 Å². The van der Waals surface area contributed by atoms with Crippen molar-refractivity contribution in [2.45, 2.75) is 25.6 Å². The van der Waals surface area contributed by atoms with Crippen molar-refractivity contribution in [2.75, 3.05) is 32.7 Å². The number of benzene rings is 2. The van der Waals surface area contributed by atoms with E-state index in [2.05, 4.69) is 10.2 Å². The van der Waals surface area contributed by atoms with Gasteiger partial charge < -0.3 is 15.1 Å². The van der Waals surface area contributed by atoms with E-state index in [9.17, 15) is 14.0 Å². The molecule has 4 rings (SSSR count). The number of nitrogens with one attached hydrogen (secondary N) is 1. The Morgan fingerprint density at radius 1 is 0.933 bits per heavy atom. The van der Waals surface area contributed by atoms with Gasteiger partial charge in [0, 0.05) is 45.8 Å². The third-order valence-corrected chi connectivity index (χ3v) is 5.88. The number of hydrogen-bond donors (Lipinski definition) is 1. The lowest BCUT2D eigenvalue weighted by Crippen LogP contribution is -2.56. The van der Waals surface area contributed by atoms with Crippen molar-refractivity contribution in [1.29, 1.82) is 0 Å². The van der Waals surface area contributed by atoms with Gasteiger partial charge in [0.2, 0.25) is 5.91 Å². The molecule has 1 unspecified atom stereocenters. The summed E-state index contributed by atoms with van der Waals surface area (Å²) >= 11 is 0. The molecular weight excluding hydrogens is 383 g/mol. The van der Waals surface area contributed by atoms with Crippen LogP contribution < -0.4 is 5.32 Å². The van der Waals surface area contributed by atoms with Crippen LogP contribution in [-0.2, 0) is 17.9 Å². The van der Waals surface area contributed by atoms with Crippen molar-refractivity contribution < 1.29 is 14.0 Å². The fourth-order valence-electron chi connectivity index (χ4n) is 4.15. The summed E-state index contributed by atoms with van der Waals surface area (Å²) in [6, 6.07) is 15.8. The summed E-state index contributed by atoms with van der Waals surface area (Å²) in [5, 5.41) is 2.98. The fraction of sp³-hybridized carbons (Fsp3) is 0.391. The first-order chi connectivity index (χ1) is 14.6. The fourth-order valence-corrected chi connectivity index (χ4v) is 4.15. The largest absolute Gasteiger partial charge is 0.336 e. The van der Waals surface area contributed by atoms with Crippen molar-refractivity contribution in [3.05, 3.63) is 71.5 Å². The van der Waals surface area contributed by atoms with E-state index in [-0.39, 0.29) is 23.8 Å². The minimum atomic E-state index is -0.274. The molecule has 1 atom stereocenters. The molecule has 0 radical (unpaired) electrons. The van der Waals surface area contributed by atoms with Gasteiger partial charge in [0.25, 0.3) is 0 Å². The van der Waals surface area contributed by atoms with Gasteiger partial charge in [-0.15, -0.1) is 0 Å². The SMILES string of the molecule is O=C(NCc1ccccc1)N1CCC2C(=O)N(Cc3ccc(F)cc3)CCN2CC1. The highest BCUT2D eigenvalue weighted by molar-refractivity contribution is 5.83. The third-order valence-electron chi connectivity index (χ3n) is 5.88. The number of hydrogen-bond acceptors (Lipinski definition) is 3. The standard InChI is InChI=1S/C23H27FN4O2/c24-20-8-6-19(7-9-20)17-28-15-13-26-12-14-27(11-10-21(26)22(28)29)23(30)25-16-18-4-2-1-3-5-18/h1-9,21H,10-17H2,(H,25,30). The van der Waals surface area contributed by atoms with Crippen LogP contribution in [0.5, 0.6) is 0 Å². The van der Waals surface area contributed by atoms with Crippen LogP contribution in [0.2, 0.25) is 0 Å². The summed E-state index contributed by atoms with van der Waals surface area (Å²) in [5.41, 5.74) is 1.98. The lowest BCUT2D eigenvalue weighted by atomic mass is 10.1. The zero-order valence-electron chi connectivity index (χ0n) is 17.0. The van der Waals surface area contributed by atoms with Crippen molar-refractivity contribution in [2.24, 2.45) is 0 Å². The molecule has 0 aromatic heterocycles. The lowest BCUT2D eigenvalue weighted by molar-refractivity contribution is -0.142. The normalized spacial score (nSPS) is 19.9. The zero-order chi connectivity index (χ0) is 20.9. The molecule has 6 nitrogen and oxygen atoms in total. The molecule has 3 amide bonds. The van der Waals surface area contributed by atoms with E-state index in [0.29, 0.717) is 45.7 Å². The van der Waals surface area contributed by atoms with Crippen molar-refractivity contribution >= 4 is 11.9 Å². The highest BCUT2D eigenvalue weighted by Gasteiger charge is 2.37. The van der Waals surface area contributed by atoms with Gasteiger partial charge in [0.05, 0.1) is 6.04 Å². The molecule has 2 fully saturated rings. The van der Waals surface area contributed by atoms with Crippen LogP contribution in [0, 0.1) is 5.82 Å². The molecule has 2 heterocycles. The summed E-state index contributed by atoms with van der Waals surface area (Å²) in [5.74, 6) is -0.179. The Bertz CT molecular complexity index is 875. The topological polar surface area (TPSA) is 55.9 Å². The Hall–Kier alpha value is -2.93. The Labute approximate surface area is 176 Å². The quantitative estimate of drug-likeness (QED) is 0.843. The summed E-state index contributed by atoms with van der Waals surface area (Å²) in [4.78, 5) is 31.5. The summed E-state index contributed by atoms with van der Waals surface area (Å²) < 4.78 is 13.1. The van der Waals surface area contributed by atoms with E-state index in [4.69, 9.17) is 0 Å². The van der Waals surface area contributed by atoms with Gasteiger partial charge in [-0.05, 0) is 29.7 Å². The molecule has 7 heteroatoms.